The average molecular weight is 1140 g/mol. The van der Waals surface area contributed by atoms with Crippen molar-refractivity contribution in [2.45, 2.75) is 26.2 Å². The zero-order chi connectivity index (χ0) is 58.8. The summed E-state index contributed by atoms with van der Waals surface area (Å²) in [7, 11) is 0. The predicted molar refractivity (Wildman–Crippen MR) is 373 cm³/mol. The molecule has 89 heavy (non-hydrogen) atoms. The van der Waals surface area contributed by atoms with Gasteiger partial charge in [-0.15, -0.1) is 0 Å². The highest BCUT2D eigenvalue weighted by molar-refractivity contribution is 7.00. The Hall–Kier alpha value is -11.3. The minimum Gasteiger partial charge on any atom is -0.456 e. The molecule has 19 rings (SSSR count). The van der Waals surface area contributed by atoms with Gasteiger partial charge in [0, 0.05) is 66.4 Å². The molecule has 0 N–H and O–H groups in total. The van der Waals surface area contributed by atoms with Crippen molar-refractivity contribution in [1.82, 2.24) is 9.13 Å². The summed E-state index contributed by atoms with van der Waals surface area (Å²) in [6.45, 7) is 6.87. The van der Waals surface area contributed by atoms with Gasteiger partial charge in [-0.05, 0) is 159 Å². The maximum atomic E-state index is 6.96. The molecular formula is C82H55BN4O2. The summed E-state index contributed by atoms with van der Waals surface area (Å²) in [5.41, 5.74) is 26.0. The van der Waals surface area contributed by atoms with Crippen LogP contribution in [0.2, 0.25) is 0 Å². The average Bonchev–Trinajstić information content (AvgIpc) is 1.57. The largest absolute Gasteiger partial charge is 0.456 e. The minimum atomic E-state index is -0.285. The van der Waals surface area contributed by atoms with Gasteiger partial charge < -0.3 is 27.8 Å². The van der Waals surface area contributed by atoms with Gasteiger partial charge >= 0.3 is 0 Å². The molecule has 2 aliphatic heterocycles. The van der Waals surface area contributed by atoms with E-state index in [-0.39, 0.29) is 12.1 Å². The fraction of sp³-hybridized carbons (Fsp3) is 0.0488. The molecule has 0 spiro atoms. The molecule has 6 heterocycles. The lowest BCUT2D eigenvalue weighted by Gasteiger charge is -2.45. The van der Waals surface area contributed by atoms with Gasteiger partial charge in [0.1, 0.15) is 22.3 Å². The number of rotatable bonds is 6. The van der Waals surface area contributed by atoms with Crippen LogP contribution in [0.4, 0.5) is 34.1 Å². The summed E-state index contributed by atoms with van der Waals surface area (Å²) in [6, 6.07) is 103. The van der Waals surface area contributed by atoms with Crippen LogP contribution >= 0.6 is 0 Å². The molecule has 4 aromatic heterocycles. The highest BCUT2D eigenvalue weighted by Crippen LogP contribution is 2.52. The van der Waals surface area contributed by atoms with E-state index in [1.807, 2.05) is 0 Å². The topological polar surface area (TPSA) is 42.6 Å². The smallest absolute Gasteiger partial charge is 0.252 e. The Bertz CT molecular complexity index is 5370. The first-order chi connectivity index (χ1) is 43.8. The van der Waals surface area contributed by atoms with E-state index in [0.29, 0.717) is 0 Å². The second kappa shape index (κ2) is 18.6. The van der Waals surface area contributed by atoms with Crippen LogP contribution < -0.4 is 26.2 Å². The first-order valence-electron chi connectivity index (χ1n) is 30.8. The van der Waals surface area contributed by atoms with E-state index in [2.05, 4.69) is 319 Å². The van der Waals surface area contributed by atoms with E-state index in [9.17, 15) is 0 Å². The van der Waals surface area contributed by atoms with Gasteiger partial charge in [-0.1, -0.05) is 191 Å². The van der Waals surface area contributed by atoms with Crippen molar-refractivity contribution < 1.29 is 8.83 Å². The Morgan fingerprint density at radius 1 is 0.292 bits per heavy atom. The normalized spacial score (nSPS) is 13.0. The van der Waals surface area contributed by atoms with Gasteiger partial charge in [0.25, 0.3) is 6.71 Å². The van der Waals surface area contributed by atoms with Gasteiger partial charge in [0.2, 0.25) is 0 Å². The van der Waals surface area contributed by atoms with E-state index in [0.717, 1.165) is 134 Å². The monoisotopic (exact) mass is 1140 g/mol. The van der Waals surface area contributed by atoms with Gasteiger partial charge in [-0.2, -0.15) is 0 Å². The Morgan fingerprint density at radius 2 is 0.685 bits per heavy atom. The lowest BCUT2D eigenvalue weighted by atomic mass is 9.33. The molecule has 0 unspecified atom stereocenters. The lowest BCUT2D eigenvalue weighted by Crippen LogP contribution is -2.61. The van der Waals surface area contributed by atoms with Crippen LogP contribution in [0.3, 0.4) is 0 Å². The Kier molecular flexibility index (Phi) is 10.4. The molecule has 0 fully saturated rings. The number of hydrogen-bond acceptors (Lipinski definition) is 4. The maximum Gasteiger partial charge on any atom is 0.252 e. The highest BCUT2D eigenvalue weighted by atomic mass is 16.3. The van der Waals surface area contributed by atoms with E-state index < -0.39 is 0 Å². The van der Waals surface area contributed by atoms with E-state index in [4.69, 9.17) is 8.83 Å². The molecule has 6 nitrogen and oxygen atoms in total. The molecule has 0 bridgehead atoms. The summed E-state index contributed by atoms with van der Waals surface area (Å²) < 4.78 is 18.8. The summed E-state index contributed by atoms with van der Waals surface area (Å²) in [4.78, 5) is 5.19. The highest BCUT2D eigenvalue weighted by Gasteiger charge is 2.45. The van der Waals surface area contributed by atoms with Gasteiger partial charge in [0.15, 0.2) is 0 Å². The maximum absolute atomic E-state index is 6.96. The van der Waals surface area contributed by atoms with Gasteiger partial charge in [-0.25, -0.2) is 0 Å². The molecule has 418 valence electrons. The van der Waals surface area contributed by atoms with E-state index in [1.54, 1.807) is 0 Å². The van der Waals surface area contributed by atoms with Crippen molar-refractivity contribution in [3.63, 3.8) is 0 Å². The van der Waals surface area contributed by atoms with Gasteiger partial charge in [0.05, 0.1) is 44.2 Å². The van der Waals surface area contributed by atoms with Crippen LogP contribution in [0.1, 0.15) is 26.3 Å². The van der Waals surface area contributed by atoms with E-state index in [1.165, 1.54) is 43.5 Å². The Balaban J connectivity index is 0.949. The van der Waals surface area contributed by atoms with Crippen LogP contribution in [-0.4, -0.2) is 15.8 Å². The number of fused-ring (bicyclic) bond motifs is 16. The summed E-state index contributed by atoms with van der Waals surface area (Å²) in [6.07, 6.45) is 0. The molecular weight excluding hydrogens is 1080 g/mol. The Labute approximate surface area is 514 Å². The van der Waals surface area contributed by atoms with Crippen LogP contribution in [0, 0.1) is 0 Å². The molecule has 7 heteroatoms. The number of para-hydroxylation sites is 4. The number of nitrogens with zero attached hydrogens (tertiary/aromatic N) is 4. The summed E-state index contributed by atoms with van der Waals surface area (Å²) in [5, 5.41) is 9.17. The molecule has 0 radical (unpaired) electrons. The quantitative estimate of drug-likeness (QED) is 0.156. The SMILES string of the molecule is CC(C)(C)c1cc2c3c(c1)N(c1cccc4oc5ccc(-c6ccccc6)cc5c14)c1cc(-n4c5ccccc5c5ccccc54)ccc1B3c1ccc(-n3c4ccccc4c4ccccc43)cc1N2c1cccc2oc3ccc(-c4ccccc4)cc3c12. The standard InChI is InChI=1S/C82H55BN4O2/c1-82(2,3)54-46-73-81-74(47-54)87(70-33-19-35-78-80(70)62-45-53(37-43-76(62)89-78)51-22-8-5-9-23-51)72-49-56(85-67-30-16-12-26-59(67)60-27-13-17-31-68(60)85)39-41-64(72)83(81)63-40-38-55(84-65-28-14-10-24-57(65)58-25-11-15-29-66(58)84)48-71(63)86(73)69-32-18-34-77-79(69)61-44-52(36-42-75(61)88-77)50-20-6-4-7-21-50/h4-49H,1-3H3. The number of hydrogen-bond donors (Lipinski definition) is 0. The summed E-state index contributed by atoms with van der Waals surface area (Å²) in [5.74, 6) is 0. The van der Waals surface area contributed by atoms with Crippen LogP contribution in [-0.2, 0) is 5.41 Å². The molecule has 0 saturated carbocycles. The Morgan fingerprint density at radius 3 is 1.09 bits per heavy atom. The second-order valence-corrected chi connectivity index (χ2v) is 25.2. The van der Waals surface area contributed by atoms with Crippen LogP contribution in [0.25, 0.3) is 121 Å². The van der Waals surface area contributed by atoms with Crippen molar-refractivity contribution in [2.24, 2.45) is 0 Å². The number of furan rings is 2. The number of anilines is 6. The van der Waals surface area contributed by atoms with Crippen molar-refractivity contribution >= 4 is 145 Å². The van der Waals surface area contributed by atoms with Crippen LogP contribution in [0.5, 0.6) is 0 Å². The molecule has 0 atom stereocenters. The third-order valence-electron chi connectivity index (χ3n) is 19.2. The fourth-order valence-electron chi connectivity index (χ4n) is 15.2. The first-order valence-corrected chi connectivity index (χ1v) is 30.8. The predicted octanol–water partition coefficient (Wildman–Crippen LogP) is 20.4. The molecule has 13 aromatic carbocycles. The second-order valence-electron chi connectivity index (χ2n) is 25.2. The zero-order valence-electron chi connectivity index (χ0n) is 49.2. The number of aromatic nitrogens is 2. The lowest BCUT2D eigenvalue weighted by molar-refractivity contribution is 0.590. The molecule has 2 aliphatic rings. The van der Waals surface area contributed by atoms with Crippen molar-refractivity contribution in [1.29, 1.82) is 0 Å². The molecule has 0 amide bonds. The summed E-state index contributed by atoms with van der Waals surface area (Å²) >= 11 is 0. The fourth-order valence-corrected chi connectivity index (χ4v) is 15.2. The number of benzene rings is 13. The van der Waals surface area contributed by atoms with Crippen molar-refractivity contribution in [3.8, 4) is 33.6 Å². The van der Waals surface area contributed by atoms with Crippen molar-refractivity contribution in [2.75, 3.05) is 9.80 Å². The van der Waals surface area contributed by atoms with Crippen LogP contribution in [0.15, 0.2) is 288 Å². The third-order valence-corrected chi connectivity index (χ3v) is 19.2. The molecule has 0 aliphatic carbocycles. The van der Waals surface area contributed by atoms with E-state index >= 15 is 0 Å². The zero-order valence-corrected chi connectivity index (χ0v) is 49.2. The molecule has 0 saturated heterocycles. The first kappa shape index (κ1) is 49.9. The minimum absolute atomic E-state index is 0.194. The molecule has 17 aromatic rings. The van der Waals surface area contributed by atoms with Gasteiger partial charge in [-0.3, -0.25) is 0 Å². The van der Waals surface area contributed by atoms with Crippen molar-refractivity contribution in [3.05, 3.63) is 285 Å². The third kappa shape index (κ3) is 7.27.